The first-order chi connectivity index (χ1) is 8.19. The van der Waals surface area contributed by atoms with Gasteiger partial charge in [0, 0.05) is 11.4 Å². The highest BCUT2D eigenvalue weighted by Gasteiger charge is 2.12. The molecule has 1 heterocycles. The van der Waals surface area contributed by atoms with Crippen molar-refractivity contribution >= 4 is 0 Å². The normalized spacial score (nSPS) is 9.65. The summed E-state index contributed by atoms with van der Waals surface area (Å²) in [7, 11) is 0. The van der Waals surface area contributed by atoms with Crippen LogP contribution in [0, 0.1) is 36.5 Å². The summed E-state index contributed by atoms with van der Waals surface area (Å²) in [6.45, 7) is 3.82. The molecule has 0 N–H and O–H groups in total. The average molecular weight is 221 g/mol. The van der Waals surface area contributed by atoms with E-state index >= 15 is 0 Å². The van der Waals surface area contributed by atoms with E-state index in [2.05, 4.69) is 12.1 Å². The second kappa shape index (κ2) is 4.15. The fourth-order valence-electron chi connectivity index (χ4n) is 2.01. The Morgan fingerprint density at radius 2 is 1.65 bits per heavy atom. The van der Waals surface area contributed by atoms with Gasteiger partial charge in [-0.1, -0.05) is 12.1 Å². The fourth-order valence-corrected chi connectivity index (χ4v) is 2.01. The van der Waals surface area contributed by atoms with Crippen LogP contribution >= 0.6 is 0 Å². The van der Waals surface area contributed by atoms with Crippen LogP contribution in [0.2, 0.25) is 0 Å². The minimum Gasteiger partial charge on any atom is -0.316 e. The molecule has 2 aromatic rings. The van der Waals surface area contributed by atoms with E-state index in [-0.39, 0.29) is 0 Å². The smallest absolute Gasteiger partial charge is 0.101 e. The van der Waals surface area contributed by atoms with Crippen LogP contribution in [0.4, 0.5) is 0 Å². The predicted octanol–water partition coefficient (Wildman–Crippen LogP) is 2.84. The van der Waals surface area contributed by atoms with Crippen molar-refractivity contribution in [2.75, 3.05) is 0 Å². The maximum Gasteiger partial charge on any atom is 0.101 e. The lowest BCUT2D eigenvalue weighted by atomic mass is 10.2. The highest BCUT2D eigenvalue weighted by Crippen LogP contribution is 2.22. The highest BCUT2D eigenvalue weighted by atomic mass is 15.0. The molecule has 0 saturated carbocycles. The van der Waals surface area contributed by atoms with E-state index < -0.39 is 0 Å². The van der Waals surface area contributed by atoms with Gasteiger partial charge in [-0.3, -0.25) is 0 Å². The summed E-state index contributed by atoms with van der Waals surface area (Å²) in [6.07, 6.45) is 0. The lowest BCUT2D eigenvalue weighted by Crippen LogP contribution is -2.01. The zero-order chi connectivity index (χ0) is 12.4. The number of aryl methyl sites for hydroxylation is 1. The Kier molecular flexibility index (Phi) is 2.68. The SMILES string of the molecule is Cc1cc(C#N)c(C)n1-c1ccccc1C#N. The molecule has 82 valence electrons. The van der Waals surface area contributed by atoms with Gasteiger partial charge in [-0.2, -0.15) is 10.5 Å². The Morgan fingerprint density at radius 1 is 1.00 bits per heavy atom. The highest BCUT2D eigenvalue weighted by molar-refractivity contribution is 5.53. The van der Waals surface area contributed by atoms with E-state index in [1.165, 1.54) is 0 Å². The van der Waals surface area contributed by atoms with Crippen LogP contribution in [0.15, 0.2) is 30.3 Å². The van der Waals surface area contributed by atoms with Gasteiger partial charge in [0.15, 0.2) is 0 Å². The summed E-state index contributed by atoms with van der Waals surface area (Å²) in [5, 5.41) is 18.1. The minimum atomic E-state index is 0.610. The molecule has 0 aliphatic heterocycles. The molecule has 0 aliphatic rings. The number of hydrogen-bond acceptors (Lipinski definition) is 2. The van der Waals surface area contributed by atoms with Gasteiger partial charge in [0.1, 0.15) is 12.1 Å². The third kappa shape index (κ3) is 1.68. The number of nitriles is 2. The zero-order valence-electron chi connectivity index (χ0n) is 9.73. The monoisotopic (exact) mass is 221 g/mol. The van der Waals surface area contributed by atoms with Crippen molar-refractivity contribution in [3.05, 3.63) is 52.8 Å². The standard InChI is InChI=1S/C14H11N3/c1-10-7-13(9-16)11(2)17(10)14-6-4-3-5-12(14)8-15/h3-7H,1-2H3. The first-order valence-corrected chi connectivity index (χ1v) is 5.27. The number of benzene rings is 1. The molecule has 3 nitrogen and oxygen atoms in total. The lowest BCUT2D eigenvalue weighted by molar-refractivity contribution is 0.959. The van der Waals surface area contributed by atoms with Crippen LogP contribution in [0.25, 0.3) is 5.69 Å². The number of nitrogens with zero attached hydrogens (tertiary/aromatic N) is 3. The van der Waals surface area contributed by atoms with Crippen molar-refractivity contribution < 1.29 is 0 Å². The predicted molar refractivity (Wildman–Crippen MR) is 64.7 cm³/mol. The third-order valence-electron chi connectivity index (χ3n) is 2.82. The molecule has 17 heavy (non-hydrogen) atoms. The van der Waals surface area contributed by atoms with Crippen LogP contribution in [0.5, 0.6) is 0 Å². The van der Waals surface area contributed by atoms with Gasteiger partial charge in [-0.05, 0) is 32.0 Å². The van der Waals surface area contributed by atoms with Gasteiger partial charge in [0.25, 0.3) is 0 Å². The van der Waals surface area contributed by atoms with Crippen molar-refractivity contribution in [3.63, 3.8) is 0 Å². The van der Waals surface area contributed by atoms with E-state index in [4.69, 9.17) is 10.5 Å². The molecule has 0 atom stereocenters. The molecule has 0 amide bonds. The Bertz CT molecular complexity index is 651. The topological polar surface area (TPSA) is 52.5 Å². The van der Waals surface area contributed by atoms with E-state index in [1.54, 1.807) is 6.07 Å². The minimum absolute atomic E-state index is 0.610. The molecule has 0 bridgehead atoms. The first kappa shape index (κ1) is 11.0. The summed E-state index contributed by atoms with van der Waals surface area (Å²) < 4.78 is 1.94. The Hall–Kier alpha value is -2.52. The summed E-state index contributed by atoms with van der Waals surface area (Å²) in [5.74, 6) is 0. The molecule has 0 saturated heterocycles. The van der Waals surface area contributed by atoms with Gasteiger partial charge in [-0.25, -0.2) is 0 Å². The molecular formula is C14H11N3. The number of rotatable bonds is 1. The van der Waals surface area contributed by atoms with Gasteiger partial charge < -0.3 is 4.57 Å². The van der Waals surface area contributed by atoms with Crippen molar-refractivity contribution in [2.24, 2.45) is 0 Å². The summed E-state index contributed by atoms with van der Waals surface area (Å²) in [4.78, 5) is 0. The molecular weight excluding hydrogens is 210 g/mol. The molecule has 1 aromatic carbocycles. The molecule has 3 heteroatoms. The molecule has 2 rings (SSSR count). The molecule has 0 spiro atoms. The van der Waals surface area contributed by atoms with Crippen LogP contribution in [0.1, 0.15) is 22.5 Å². The van der Waals surface area contributed by atoms with E-state index in [0.717, 1.165) is 17.1 Å². The fraction of sp³-hybridized carbons (Fsp3) is 0.143. The Morgan fingerprint density at radius 3 is 2.24 bits per heavy atom. The number of aromatic nitrogens is 1. The second-order valence-electron chi connectivity index (χ2n) is 3.86. The zero-order valence-corrected chi connectivity index (χ0v) is 9.73. The largest absolute Gasteiger partial charge is 0.316 e. The number of hydrogen-bond donors (Lipinski definition) is 0. The lowest BCUT2D eigenvalue weighted by Gasteiger charge is -2.10. The maximum absolute atomic E-state index is 9.10. The van der Waals surface area contributed by atoms with Crippen LogP contribution in [0.3, 0.4) is 0 Å². The van der Waals surface area contributed by atoms with Crippen molar-refractivity contribution in [1.82, 2.24) is 4.57 Å². The molecule has 0 fully saturated rings. The van der Waals surface area contributed by atoms with Gasteiger partial charge in [-0.15, -0.1) is 0 Å². The Balaban J connectivity index is 2.75. The first-order valence-electron chi connectivity index (χ1n) is 5.27. The summed E-state index contributed by atoms with van der Waals surface area (Å²) in [5.41, 5.74) is 3.91. The summed E-state index contributed by atoms with van der Waals surface area (Å²) in [6, 6.07) is 13.6. The van der Waals surface area contributed by atoms with Crippen LogP contribution in [-0.2, 0) is 0 Å². The van der Waals surface area contributed by atoms with E-state index in [1.807, 2.05) is 42.7 Å². The van der Waals surface area contributed by atoms with E-state index in [0.29, 0.717) is 11.1 Å². The van der Waals surface area contributed by atoms with Crippen LogP contribution < -0.4 is 0 Å². The Labute approximate surface area is 100 Å². The average Bonchev–Trinajstić information content (AvgIpc) is 2.64. The molecule has 0 radical (unpaired) electrons. The maximum atomic E-state index is 9.10. The van der Waals surface area contributed by atoms with Crippen molar-refractivity contribution in [3.8, 4) is 17.8 Å². The van der Waals surface area contributed by atoms with Crippen LogP contribution in [-0.4, -0.2) is 4.57 Å². The van der Waals surface area contributed by atoms with Gasteiger partial charge >= 0.3 is 0 Å². The van der Waals surface area contributed by atoms with Crippen molar-refractivity contribution in [2.45, 2.75) is 13.8 Å². The molecule has 1 aromatic heterocycles. The number of para-hydroxylation sites is 1. The van der Waals surface area contributed by atoms with E-state index in [9.17, 15) is 0 Å². The quantitative estimate of drug-likeness (QED) is 0.743. The molecule has 0 unspecified atom stereocenters. The third-order valence-corrected chi connectivity index (χ3v) is 2.82. The van der Waals surface area contributed by atoms with Gasteiger partial charge in [0.2, 0.25) is 0 Å². The summed E-state index contributed by atoms with van der Waals surface area (Å²) >= 11 is 0. The molecule has 0 aliphatic carbocycles. The van der Waals surface area contributed by atoms with Gasteiger partial charge in [0.05, 0.1) is 16.8 Å². The second-order valence-corrected chi connectivity index (χ2v) is 3.86. The van der Waals surface area contributed by atoms with Crippen molar-refractivity contribution in [1.29, 1.82) is 10.5 Å².